The zero-order chi connectivity index (χ0) is 19.3. The quantitative estimate of drug-likeness (QED) is 0.776. The Balaban J connectivity index is 2.00. The molecule has 0 radical (unpaired) electrons. The van der Waals surface area contributed by atoms with Gasteiger partial charge in [0.1, 0.15) is 12.2 Å². The summed E-state index contributed by atoms with van der Waals surface area (Å²) in [6.07, 6.45) is -2.65. The molecule has 1 aromatic rings. The number of allylic oxidation sites excluding steroid dienone is 2. The van der Waals surface area contributed by atoms with Gasteiger partial charge in [-0.2, -0.15) is 13.2 Å². The van der Waals surface area contributed by atoms with Gasteiger partial charge in [-0.3, -0.25) is 9.79 Å². The number of aliphatic imine (C=N–C) groups is 1. The molecule has 0 aromatic heterocycles. The summed E-state index contributed by atoms with van der Waals surface area (Å²) in [7, 11) is 0. The van der Waals surface area contributed by atoms with Crippen LogP contribution >= 0.6 is 23.2 Å². The molecule has 1 fully saturated rings. The zero-order valence-corrected chi connectivity index (χ0v) is 15.3. The SMILES string of the molecule is NC(=C1CCCCC1=NCC(=O)NCc1ccc(Cl)c(Cl)c1)C(F)(F)F. The van der Waals surface area contributed by atoms with Crippen molar-refractivity contribution >= 4 is 34.8 Å². The smallest absolute Gasteiger partial charge is 0.394 e. The Kier molecular flexibility index (Phi) is 6.94. The lowest BCUT2D eigenvalue weighted by molar-refractivity contribution is -0.119. The van der Waals surface area contributed by atoms with Crippen LogP contribution in [-0.4, -0.2) is 24.3 Å². The van der Waals surface area contributed by atoms with E-state index in [4.69, 9.17) is 28.9 Å². The second-order valence-corrected chi connectivity index (χ2v) is 6.70. The van der Waals surface area contributed by atoms with Crippen molar-refractivity contribution in [3.05, 3.63) is 45.1 Å². The molecular weight excluding hydrogens is 390 g/mol. The third-order valence-electron chi connectivity index (χ3n) is 3.96. The van der Waals surface area contributed by atoms with Gasteiger partial charge in [0, 0.05) is 17.8 Å². The first-order valence-corrected chi connectivity index (χ1v) is 8.74. The molecule has 26 heavy (non-hydrogen) atoms. The molecule has 0 atom stereocenters. The van der Waals surface area contributed by atoms with Crippen LogP contribution in [0.1, 0.15) is 31.2 Å². The maximum absolute atomic E-state index is 12.8. The highest BCUT2D eigenvalue weighted by Gasteiger charge is 2.35. The fourth-order valence-electron chi connectivity index (χ4n) is 2.60. The van der Waals surface area contributed by atoms with E-state index in [1.807, 2.05) is 0 Å². The summed E-state index contributed by atoms with van der Waals surface area (Å²) in [5.74, 6) is -0.404. The minimum Gasteiger partial charge on any atom is -0.394 e. The molecule has 1 aliphatic carbocycles. The number of nitrogens with one attached hydrogen (secondary N) is 1. The van der Waals surface area contributed by atoms with Gasteiger partial charge in [-0.25, -0.2) is 0 Å². The number of halogens is 5. The van der Waals surface area contributed by atoms with E-state index in [1.54, 1.807) is 18.2 Å². The summed E-state index contributed by atoms with van der Waals surface area (Å²) in [5.41, 5.74) is 5.13. The zero-order valence-electron chi connectivity index (χ0n) is 13.8. The third-order valence-corrected chi connectivity index (χ3v) is 4.70. The number of nitrogens with zero attached hydrogens (tertiary/aromatic N) is 1. The average Bonchev–Trinajstić information content (AvgIpc) is 2.59. The first kappa shape index (κ1) is 20.6. The Morgan fingerprint density at radius 1 is 1.19 bits per heavy atom. The van der Waals surface area contributed by atoms with Crippen molar-refractivity contribution < 1.29 is 18.0 Å². The van der Waals surface area contributed by atoms with Gasteiger partial charge in [0.15, 0.2) is 0 Å². The number of carbonyl (C=O) groups is 1. The molecule has 4 nitrogen and oxygen atoms in total. The molecule has 3 N–H and O–H groups in total. The Morgan fingerprint density at radius 2 is 1.88 bits per heavy atom. The van der Waals surface area contributed by atoms with Crippen LogP contribution in [0.4, 0.5) is 13.2 Å². The van der Waals surface area contributed by atoms with E-state index in [1.165, 1.54) is 0 Å². The monoisotopic (exact) mass is 407 g/mol. The first-order chi connectivity index (χ1) is 12.2. The molecule has 1 saturated carbocycles. The van der Waals surface area contributed by atoms with Crippen LogP contribution in [0, 0.1) is 0 Å². The van der Waals surface area contributed by atoms with Crippen molar-refractivity contribution in [1.82, 2.24) is 5.32 Å². The lowest BCUT2D eigenvalue weighted by Gasteiger charge is -2.20. The second-order valence-electron chi connectivity index (χ2n) is 5.89. The predicted molar refractivity (Wildman–Crippen MR) is 96.3 cm³/mol. The van der Waals surface area contributed by atoms with E-state index in [9.17, 15) is 18.0 Å². The fraction of sp³-hybridized carbons (Fsp3) is 0.412. The molecular formula is C17H18Cl2F3N3O. The number of benzene rings is 1. The molecule has 1 aliphatic rings. The molecule has 2 rings (SSSR count). The van der Waals surface area contributed by atoms with Gasteiger partial charge in [-0.05, 0) is 43.4 Å². The topological polar surface area (TPSA) is 67.5 Å². The van der Waals surface area contributed by atoms with Gasteiger partial charge in [-0.15, -0.1) is 0 Å². The minimum absolute atomic E-state index is 0.000957. The average molecular weight is 408 g/mol. The third kappa shape index (κ3) is 5.64. The van der Waals surface area contributed by atoms with E-state index < -0.39 is 17.8 Å². The fourth-order valence-corrected chi connectivity index (χ4v) is 2.92. The van der Waals surface area contributed by atoms with E-state index >= 15 is 0 Å². The molecule has 9 heteroatoms. The van der Waals surface area contributed by atoms with E-state index in [2.05, 4.69) is 10.3 Å². The molecule has 142 valence electrons. The highest BCUT2D eigenvalue weighted by atomic mass is 35.5. The van der Waals surface area contributed by atoms with Crippen LogP contribution in [0.15, 0.2) is 34.5 Å². The van der Waals surface area contributed by atoms with Crippen molar-refractivity contribution in [3.8, 4) is 0 Å². The summed E-state index contributed by atoms with van der Waals surface area (Å²) >= 11 is 11.7. The van der Waals surface area contributed by atoms with Crippen LogP contribution < -0.4 is 11.1 Å². The Bertz CT molecular complexity index is 745. The van der Waals surface area contributed by atoms with Crippen LogP contribution in [0.3, 0.4) is 0 Å². The van der Waals surface area contributed by atoms with Crippen LogP contribution in [0.5, 0.6) is 0 Å². The summed E-state index contributed by atoms with van der Waals surface area (Å²) in [5, 5.41) is 3.42. The predicted octanol–water partition coefficient (Wildman–Crippen LogP) is 4.40. The van der Waals surface area contributed by atoms with Crippen molar-refractivity contribution in [3.63, 3.8) is 0 Å². The molecule has 0 saturated heterocycles. The number of carbonyl (C=O) groups excluding carboxylic acids is 1. The van der Waals surface area contributed by atoms with E-state index in [0.29, 0.717) is 22.9 Å². The van der Waals surface area contributed by atoms with Gasteiger partial charge >= 0.3 is 6.18 Å². The Labute approximate surface area is 159 Å². The molecule has 0 aliphatic heterocycles. The van der Waals surface area contributed by atoms with Crippen LogP contribution in [0.25, 0.3) is 0 Å². The van der Waals surface area contributed by atoms with Crippen LogP contribution in [-0.2, 0) is 11.3 Å². The standard InChI is InChI=1S/C17H18Cl2F3N3O/c18-12-6-5-10(7-13(12)19)8-25-15(26)9-24-14-4-2-1-3-11(14)16(23)17(20,21)22/h5-7H,1-4,8-9,23H2,(H,25,26). The molecule has 0 bridgehead atoms. The molecule has 1 aromatic carbocycles. The molecule has 1 amide bonds. The van der Waals surface area contributed by atoms with Crippen molar-refractivity contribution in [2.45, 2.75) is 38.4 Å². The number of hydrogen-bond acceptors (Lipinski definition) is 3. The van der Waals surface area contributed by atoms with Gasteiger partial charge < -0.3 is 11.1 Å². The van der Waals surface area contributed by atoms with E-state index in [-0.39, 0.29) is 30.8 Å². The van der Waals surface area contributed by atoms with Gasteiger partial charge in [0.25, 0.3) is 0 Å². The lowest BCUT2D eigenvalue weighted by Crippen LogP contribution is -2.28. The lowest BCUT2D eigenvalue weighted by atomic mass is 9.91. The summed E-state index contributed by atoms with van der Waals surface area (Å²) in [4.78, 5) is 16.0. The highest BCUT2D eigenvalue weighted by molar-refractivity contribution is 6.42. The normalized spacial score (nSPS) is 18.7. The highest BCUT2D eigenvalue weighted by Crippen LogP contribution is 2.30. The van der Waals surface area contributed by atoms with Crippen molar-refractivity contribution in [2.75, 3.05) is 6.54 Å². The maximum atomic E-state index is 12.8. The number of hydrogen-bond donors (Lipinski definition) is 2. The summed E-state index contributed by atoms with van der Waals surface area (Å²) in [6.45, 7) is -0.0424. The largest absolute Gasteiger partial charge is 0.431 e. The van der Waals surface area contributed by atoms with Crippen LogP contribution in [0.2, 0.25) is 10.0 Å². The van der Waals surface area contributed by atoms with Crippen molar-refractivity contribution in [1.29, 1.82) is 0 Å². The van der Waals surface area contributed by atoms with Gasteiger partial charge in [-0.1, -0.05) is 29.3 Å². The molecule has 0 heterocycles. The Morgan fingerprint density at radius 3 is 2.54 bits per heavy atom. The first-order valence-electron chi connectivity index (χ1n) is 7.98. The number of alkyl halides is 3. The van der Waals surface area contributed by atoms with Gasteiger partial charge in [0.05, 0.1) is 10.0 Å². The molecule has 0 spiro atoms. The Hall–Kier alpha value is -1.73. The second kappa shape index (κ2) is 8.77. The summed E-state index contributed by atoms with van der Waals surface area (Å²) in [6, 6.07) is 4.96. The number of amides is 1. The molecule has 0 unspecified atom stereocenters. The van der Waals surface area contributed by atoms with Gasteiger partial charge in [0.2, 0.25) is 5.91 Å². The number of rotatable bonds is 4. The van der Waals surface area contributed by atoms with E-state index in [0.717, 1.165) is 12.0 Å². The summed E-state index contributed by atoms with van der Waals surface area (Å²) < 4.78 is 38.5. The number of nitrogens with two attached hydrogens (primary N) is 1. The van der Waals surface area contributed by atoms with Crippen molar-refractivity contribution in [2.24, 2.45) is 10.7 Å². The maximum Gasteiger partial charge on any atom is 0.431 e. The minimum atomic E-state index is -4.59.